The van der Waals surface area contributed by atoms with Crippen molar-refractivity contribution in [1.29, 1.82) is 0 Å². The summed E-state index contributed by atoms with van der Waals surface area (Å²) in [6, 6.07) is 10.5. The van der Waals surface area contributed by atoms with E-state index in [0.717, 1.165) is 48.0 Å². The first kappa shape index (κ1) is 32.0. The SMILES string of the molecule is Cc1c(C(=O)C(F)(F)F)c(-c2nn(-c3ccccc3)c(NC(=O)C(F)(F)F)c2C(=O)C(F)(F)F)c(C)n1-c1ccccc1F. The molecule has 2 heterocycles. The molecule has 4 rings (SSSR count). The summed E-state index contributed by atoms with van der Waals surface area (Å²) in [5.74, 6) is -10.9. The van der Waals surface area contributed by atoms with Crippen LogP contribution in [0.25, 0.3) is 22.6 Å². The number of hydrogen-bond acceptors (Lipinski definition) is 4. The second-order valence-corrected chi connectivity index (χ2v) is 9.13. The summed E-state index contributed by atoms with van der Waals surface area (Å²) in [6.07, 6.45) is -17.2. The molecule has 2 aromatic carbocycles. The van der Waals surface area contributed by atoms with Crippen molar-refractivity contribution >= 4 is 23.3 Å². The average Bonchev–Trinajstić information content (AvgIpc) is 3.40. The van der Waals surface area contributed by atoms with Crippen molar-refractivity contribution < 1.29 is 58.3 Å². The van der Waals surface area contributed by atoms with Crippen LogP contribution in [0.5, 0.6) is 0 Å². The Hall–Kier alpha value is -4.96. The van der Waals surface area contributed by atoms with Gasteiger partial charge in [-0.05, 0) is 38.1 Å². The van der Waals surface area contributed by atoms with Crippen LogP contribution in [0.4, 0.5) is 49.7 Å². The molecule has 0 aliphatic heterocycles. The number of aromatic nitrogens is 3. The lowest BCUT2D eigenvalue weighted by molar-refractivity contribution is -0.167. The molecule has 0 saturated carbocycles. The number of Topliss-reactive ketones (excluding diaryl/α,β-unsaturated/α-hetero) is 2. The summed E-state index contributed by atoms with van der Waals surface area (Å²) in [7, 11) is 0. The molecule has 0 spiro atoms. The summed E-state index contributed by atoms with van der Waals surface area (Å²) in [4.78, 5) is 37.4. The number of benzene rings is 2. The Morgan fingerprint density at radius 2 is 1.23 bits per heavy atom. The first-order valence-corrected chi connectivity index (χ1v) is 12.0. The van der Waals surface area contributed by atoms with Gasteiger partial charge < -0.3 is 9.88 Å². The zero-order valence-electron chi connectivity index (χ0n) is 22.0. The lowest BCUT2D eigenvalue weighted by Crippen LogP contribution is -2.32. The molecule has 0 aliphatic carbocycles. The molecule has 0 bridgehead atoms. The van der Waals surface area contributed by atoms with Gasteiger partial charge in [-0.1, -0.05) is 30.3 Å². The number of alkyl halides is 9. The third-order valence-electron chi connectivity index (χ3n) is 6.32. The number of anilines is 1. The van der Waals surface area contributed by atoms with Crippen LogP contribution in [-0.2, 0) is 4.79 Å². The number of halogens is 10. The van der Waals surface area contributed by atoms with E-state index < -0.39 is 87.1 Å². The quantitative estimate of drug-likeness (QED) is 0.182. The zero-order chi connectivity index (χ0) is 32.9. The van der Waals surface area contributed by atoms with Crippen LogP contribution in [0.2, 0.25) is 0 Å². The van der Waals surface area contributed by atoms with Crippen molar-refractivity contribution in [3.05, 3.63) is 82.9 Å². The minimum Gasteiger partial charge on any atom is -0.314 e. The van der Waals surface area contributed by atoms with Crippen molar-refractivity contribution in [3.63, 3.8) is 0 Å². The minimum atomic E-state index is -5.87. The highest BCUT2D eigenvalue weighted by molar-refractivity contribution is 6.15. The van der Waals surface area contributed by atoms with Gasteiger partial charge in [0.15, 0.2) is 0 Å². The van der Waals surface area contributed by atoms with E-state index in [1.54, 1.807) is 0 Å². The maximum Gasteiger partial charge on any atom is 0.471 e. The predicted molar refractivity (Wildman–Crippen MR) is 133 cm³/mol. The molecular formula is C27H16F10N4O3. The number of carbonyl (C=O) groups excluding carboxylic acids is 3. The normalized spacial score (nSPS) is 12.4. The van der Waals surface area contributed by atoms with E-state index in [-0.39, 0.29) is 10.4 Å². The summed E-state index contributed by atoms with van der Waals surface area (Å²) >= 11 is 0. The molecule has 0 saturated heterocycles. The number of nitrogens with zero attached hydrogens (tertiary/aromatic N) is 3. The predicted octanol–water partition coefficient (Wildman–Crippen LogP) is 7.08. The van der Waals surface area contributed by atoms with Crippen molar-refractivity contribution in [2.45, 2.75) is 32.4 Å². The molecule has 232 valence electrons. The van der Waals surface area contributed by atoms with Crippen molar-refractivity contribution in [1.82, 2.24) is 14.3 Å². The second-order valence-electron chi connectivity index (χ2n) is 9.13. The topological polar surface area (TPSA) is 86.0 Å². The Morgan fingerprint density at radius 1 is 0.705 bits per heavy atom. The Balaban J connectivity index is 2.23. The van der Waals surface area contributed by atoms with E-state index in [4.69, 9.17) is 0 Å². The standard InChI is InChI=1S/C27H16F10N4O3/c1-12-17(18(21(42)25(29,30)31)13(2)40(12)16-11-7-6-10-15(16)28)20-19(22(43)26(32,33)34)23(38-24(44)27(35,36)37)41(39-20)14-8-4-3-5-9-14/h3-11H,1-2H3,(H,38,44). The number of hydrogen-bond donors (Lipinski definition) is 1. The van der Waals surface area contributed by atoms with Gasteiger partial charge in [-0.3, -0.25) is 14.4 Å². The molecule has 1 N–H and O–H groups in total. The molecule has 44 heavy (non-hydrogen) atoms. The first-order chi connectivity index (χ1) is 20.3. The highest BCUT2D eigenvalue weighted by Gasteiger charge is 2.49. The molecule has 4 aromatic rings. The highest BCUT2D eigenvalue weighted by Crippen LogP contribution is 2.43. The molecule has 0 radical (unpaired) electrons. The molecule has 0 unspecified atom stereocenters. The molecule has 0 fully saturated rings. The van der Waals surface area contributed by atoms with Gasteiger partial charge in [0.1, 0.15) is 17.3 Å². The smallest absolute Gasteiger partial charge is 0.314 e. The van der Waals surface area contributed by atoms with Crippen molar-refractivity contribution in [2.24, 2.45) is 0 Å². The molecule has 17 heteroatoms. The Bertz CT molecular complexity index is 1780. The van der Waals surface area contributed by atoms with Crippen LogP contribution >= 0.6 is 0 Å². The van der Waals surface area contributed by atoms with Gasteiger partial charge in [0.05, 0.1) is 22.5 Å². The first-order valence-electron chi connectivity index (χ1n) is 12.0. The summed E-state index contributed by atoms with van der Waals surface area (Å²) in [6.45, 7) is 1.88. The van der Waals surface area contributed by atoms with Gasteiger partial charge in [-0.15, -0.1) is 0 Å². The van der Waals surface area contributed by atoms with E-state index in [1.165, 1.54) is 30.3 Å². The number of rotatable bonds is 6. The van der Waals surface area contributed by atoms with E-state index in [1.807, 2.05) is 0 Å². The van der Waals surface area contributed by atoms with E-state index in [2.05, 4.69) is 5.10 Å². The molecular weight excluding hydrogens is 618 g/mol. The van der Waals surface area contributed by atoms with Crippen molar-refractivity contribution in [2.75, 3.05) is 5.32 Å². The highest BCUT2D eigenvalue weighted by atomic mass is 19.4. The third-order valence-corrected chi connectivity index (χ3v) is 6.32. The number of nitrogens with one attached hydrogen (secondary N) is 1. The van der Waals surface area contributed by atoms with Gasteiger partial charge in [0, 0.05) is 17.0 Å². The van der Waals surface area contributed by atoms with Gasteiger partial charge in [-0.25, -0.2) is 9.07 Å². The van der Waals surface area contributed by atoms with Crippen LogP contribution < -0.4 is 5.32 Å². The summed E-state index contributed by atoms with van der Waals surface area (Å²) in [5.41, 5.74) is -7.55. The summed E-state index contributed by atoms with van der Waals surface area (Å²) in [5, 5.41) is 4.93. The average molecular weight is 634 g/mol. The maximum absolute atomic E-state index is 14.8. The lowest BCUT2D eigenvalue weighted by Gasteiger charge is -2.13. The van der Waals surface area contributed by atoms with E-state index in [9.17, 15) is 58.3 Å². The largest absolute Gasteiger partial charge is 0.471 e. The molecule has 7 nitrogen and oxygen atoms in total. The van der Waals surface area contributed by atoms with Crippen LogP contribution in [0, 0.1) is 19.7 Å². The van der Waals surface area contributed by atoms with E-state index in [0.29, 0.717) is 0 Å². The van der Waals surface area contributed by atoms with Crippen LogP contribution in [0.1, 0.15) is 32.1 Å². The molecule has 0 aliphatic rings. The maximum atomic E-state index is 14.8. The third kappa shape index (κ3) is 5.68. The Labute approximate surface area is 239 Å². The van der Waals surface area contributed by atoms with Crippen LogP contribution in [-0.4, -0.2) is 50.4 Å². The fraction of sp³-hybridized carbons (Fsp3) is 0.185. The van der Waals surface area contributed by atoms with Crippen LogP contribution in [0.15, 0.2) is 54.6 Å². The van der Waals surface area contributed by atoms with Gasteiger partial charge in [-0.2, -0.15) is 44.6 Å². The molecule has 2 aromatic heterocycles. The van der Waals surface area contributed by atoms with Crippen LogP contribution in [0.3, 0.4) is 0 Å². The fourth-order valence-electron chi connectivity index (χ4n) is 4.54. The Morgan fingerprint density at radius 3 is 1.75 bits per heavy atom. The minimum absolute atomic E-state index is 0.273. The number of para-hydroxylation sites is 2. The molecule has 1 amide bonds. The van der Waals surface area contributed by atoms with E-state index >= 15 is 0 Å². The summed E-state index contributed by atoms with van der Waals surface area (Å²) < 4.78 is 139. The van der Waals surface area contributed by atoms with Gasteiger partial charge in [0.25, 0.3) is 11.6 Å². The van der Waals surface area contributed by atoms with Gasteiger partial charge >= 0.3 is 24.4 Å². The lowest BCUT2D eigenvalue weighted by atomic mass is 9.97. The van der Waals surface area contributed by atoms with Crippen molar-refractivity contribution in [3.8, 4) is 22.6 Å². The number of amides is 1. The molecule has 0 atom stereocenters. The number of ketones is 2. The Kier molecular flexibility index (Phi) is 7.95. The fourth-order valence-corrected chi connectivity index (χ4v) is 4.54. The zero-order valence-corrected chi connectivity index (χ0v) is 22.0. The number of carbonyl (C=O) groups is 3. The monoisotopic (exact) mass is 634 g/mol. The second kappa shape index (κ2) is 10.9. The van der Waals surface area contributed by atoms with Gasteiger partial charge in [0.2, 0.25) is 0 Å².